The summed E-state index contributed by atoms with van der Waals surface area (Å²) in [7, 11) is 1.72. The third kappa shape index (κ3) is 4.07. The largest absolute Gasteiger partial charge is 0.383 e. The van der Waals surface area contributed by atoms with Crippen LogP contribution >= 0.6 is 0 Å². The maximum Gasteiger partial charge on any atom is 0.114 e. The summed E-state index contributed by atoms with van der Waals surface area (Å²) in [6.07, 6.45) is 5.50. The second-order valence-electron chi connectivity index (χ2n) is 6.12. The SMILES string of the molecule is COCCn1cc2c(n1)C(CNCC1CCOCC1)OCC2. The molecule has 2 aliphatic heterocycles. The number of aromatic nitrogens is 2. The van der Waals surface area contributed by atoms with Gasteiger partial charge in [-0.1, -0.05) is 0 Å². The zero-order valence-corrected chi connectivity index (χ0v) is 13.4. The van der Waals surface area contributed by atoms with Gasteiger partial charge in [0.1, 0.15) is 6.10 Å². The molecule has 0 saturated carbocycles. The van der Waals surface area contributed by atoms with E-state index in [1.54, 1.807) is 7.11 Å². The van der Waals surface area contributed by atoms with E-state index < -0.39 is 0 Å². The van der Waals surface area contributed by atoms with Crippen LogP contribution in [0.4, 0.5) is 0 Å². The smallest absolute Gasteiger partial charge is 0.114 e. The van der Waals surface area contributed by atoms with Gasteiger partial charge in [-0.05, 0) is 37.3 Å². The molecule has 1 unspecified atom stereocenters. The second kappa shape index (κ2) is 8.06. The van der Waals surface area contributed by atoms with Gasteiger partial charge in [0.05, 0.1) is 25.5 Å². The molecule has 1 N–H and O–H groups in total. The van der Waals surface area contributed by atoms with Crippen molar-refractivity contribution in [1.82, 2.24) is 15.1 Å². The Balaban J connectivity index is 1.51. The van der Waals surface area contributed by atoms with Gasteiger partial charge in [-0.15, -0.1) is 0 Å². The molecule has 3 rings (SSSR count). The van der Waals surface area contributed by atoms with Crippen molar-refractivity contribution in [1.29, 1.82) is 0 Å². The molecule has 6 nitrogen and oxygen atoms in total. The standard InChI is InChI=1S/C16H27N3O3/c1-20-9-5-19-12-14-4-8-22-15(16(14)18-19)11-17-10-13-2-6-21-7-3-13/h12-13,15,17H,2-11H2,1H3. The van der Waals surface area contributed by atoms with Gasteiger partial charge in [-0.2, -0.15) is 5.10 Å². The summed E-state index contributed by atoms with van der Waals surface area (Å²) in [6, 6.07) is 0. The summed E-state index contributed by atoms with van der Waals surface area (Å²) in [5, 5.41) is 8.25. The molecule has 0 bridgehead atoms. The Morgan fingerprint density at radius 3 is 3.00 bits per heavy atom. The molecular weight excluding hydrogens is 282 g/mol. The molecule has 0 radical (unpaired) electrons. The van der Waals surface area contributed by atoms with Crippen LogP contribution in [0.15, 0.2) is 6.20 Å². The summed E-state index contributed by atoms with van der Waals surface area (Å²) < 4.78 is 18.4. The third-order valence-electron chi connectivity index (χ3n) is 4.49. The Bertz CT molecular complexity index is 457. The van der Waals surface area contributed by atoms with E-state index in [2.05, 4.69) is 16.6 Å². The lowest BCUT2D eigenvalue weighted by atomic mass is 10.00. The number of nitrogens with one attached hydrogen (secondary N) is 1. The van der Waals surface area contributed by atoms with E-state index in [9.17, 15) is 0 Å². The summed E-state index contributed by atoms with van der Waals surface area (Å²) in [5.41, 5.74) is 2.42. The van der Waals surface area contributed by atoms with E-state index in [1.165, 1.54) is 5.56 Å². The maximum atomic E-state index is 5.92. The van der Waals surface area contributed by atoms with Crippen molar-refractivity contribution in [3.8, 4) is 0 Å². The lowest BCUT2D eigenvalue weighted by Crippen LogP contribution is -2.33. The van der Waals surface area contributed by atoms with Crippen LogP contribution in [-0.4, -0.2) is 56.4 Å². The molecule has 0 aliphatic carbocycles. The van der Waals surface area contributed by atoms with Crippen molar-refractivity contribution >= 4 is 0 Å². The molecular formula is C16H27N3O3. The van der Waals surface area contributed by atoms with Crippen LogP contribution < -0.4 is 5.32 Å². The van der Waals surface area contributed by atoms with Crippen molar-refractivity contribution in [2.45, 2.75) is 31.9 Å². The summed E-state index contributed by atoms with van der Waals surface area (Å²) in [6.45, 7) is 5.96. The lowest BCUT2D eigenvalue weighted by Gasteiger charge is -2.25. The fourth-order valence-corrected chi connectivity index (χ4v) is 3.16. The molecule has 1 atom stereocenters. The van der Waals surface area contributed by atoms with Gasteiger partial charge in [0, 0.05) is 33.1 Å². The van der Waals surface area contributed by atoms with Crippen LogP contribution in [0.3, 0.4) is 0 Å². The molecule has 0 amide bonds. The first-order valence-corrected chi connectivity index (χ1v) is 8.32. The summed E-state index contributed by atoms with van der Waals surface area (Å²) in [4.78, 5) is 0. The Hall–Kier alpha value is -0.950. The van der Waals surface area contributed by atoms with E-state index in [0.717, 1.165) is 70.3 Å². The van der Waals surface area contributed by atoms with Crippen LogP contribution in [0.5, 0.6) is 0 Å². The predicted octanol–water partition coefficient (Wildman–Crippen LogP) is 1.16. The number of ether oxygens (including phenoxy) is 3. The zero-order valence-electron chi connectivity index (χ0n) is 13.4. The molecule has 2 aliphatic rings. The average molecular weight is 309 g/mol. The maximum absolute atomic E-state index is 5.92. The molecule has 22 heavy (non-hydrogen) atoms. The molecule has 1 saturated heterocycles. The first-order chi connectivity index (χ1) is 10.9. The van der Waals surface area contributed by atoms with E-state index in [4.69, 9.17) is 14.2 Å². The van der Waals surface area contributed by atoms with Gasteiger partial charge in [0.15, 0.2) is 0 Å². The number of rotatable bonds is 7. The fraction of sp³-hybridized carbons (Fsp3) is 0.812. The van der Waals surface area contributed by atoms with Crippen LogP contribution in [0, 0.1) is 5.92 Å². The van der Waals surface area contributed by atoms with Gasteiger partial charge in [0.2, 0.25) is 0 Å². The molecule has 1 aromatic heterocycles. The average Bonchev–Trinajstić information content (AvgIpc) is 2.98. The highest BCUT2D eigenvalue weighted by molar-refractivity contribution is 5.22. The first-order valence-electron chi connectivity index (χ1n) is 8.32. The molecule has 6 heteroatoms. The van der Waals surface area contributed by atoms with Crippen molar-refractivity contribution in [2.75, 3.05) is 46.6 Å². The zero-order chi connectivity index (χ0) is 15.2. The molecule has 1 fully saturated rings. The van der Waals surface area contributed by atoms with E-state index in [-0.39, 0.29) is 6.10 Å². The van der Waals surface area contributed by atoms with Crippen LogP contribution in [-0.2, 0) is 27.2 Å². The number of hydrogen-bond donors (Lipinski definition) is 1. The van der Waals surface area contributed by atoms with E-state index >= 15 is 0 Å². The van der Waals surface area contributed by atoms with Crippen molar-refractivity contribution < 1.29 is 14.2 Å². The van der Waals surface area contributed by atoms with Crippen LogP contribution in [0.2, 0.25) is 0 Å². The Morgan fingerprint density at radius 1 is 1.32 bits per heavy atom. The molecule has 3 heterocycles. The Kier molecular flexibility index (Phi) is 5.83. The molecule has 124 valence electrons. The van der Waals surface area contributed by atoms with Gasteiger partial charge in [0.25, 0.3) is 0 Å². The Labute approximate surface area is 132 Å². The van der Waals surface area contributed by atoms with Gasteiger partial charge < -0.3 is 19.5 Å². The quantitative estimate of drug-likeness (QED) is 0.819. The van der Waals surface area contributed by atoms with Gasteiger partial charge in [-0.25, -0.2) is 0 Å². The lowest BCUT2D eigenvalue weighted by molar-refractivity contribution is 0.0352. The summed E-state index contributed by atoms with van der Waals surface area (Å²) in [5.74, 6) is 0.732. The topological polar surface area (TPSA) is 57.5 Å². The van der Waals surface area contributed by atoms with Crippen molar-refractivity contribution in [2.24, 2.45) is 5.92 Å². The van der Waals surface area contributed by atoms with E-state index in [0.29, 0.717) is 6.61 Å². The molecule has 0 spiro atoms. The third-order valence-corrected chi connectivity index (χ3v) is 4.49. The van der Waals surface area contributed by atoms with Crippen molar-refractivity contribution in [3.05, 3.63) is 17.5 Å². The van der Waals surface area contributed by atoms with Crippen molar-refractivity contribution in [3.63, 3.8) is 0 Å². The first kappa shape index (κ1) is 15.9. The summed E-state index contributed by atoms with van der Waals surface area (Å²) >= 11 is 0. The number of nitrogens with zero attached hydrogens (tertiary/aromatic N) is 2. The number of methoxy groups -OCH3 is 1. The minimum absolute atomic E-state index is 0.0763. The predicted molar refractivity (Wildman–Crippen MR) is 82.9 cm³/mol. The molecule has 1 aromatic rings. The Morgan fingerprint density at radius 2 is 2.18 bits per heavy atom. The normalized spacial score (nSPS) is 22.7. The number of hydrogen-bond acceptors (Lipinski definition) is 5. The molecule has 0 aromatic carbocycles. The highest BCUT2D eigenvalue weighted by Crippen LogP contribution is 2.25. The minimum atomic E-state index is 0.0763. The number of fused-ring (bicyclic) bond motifs is 1. The second-order valence-corrected chi connectivity index (χ2v) is 6.12. The van der Waals surface area contributed by atoms with Crippen LogP contribution in [0.25, 0.3) is 0 Å². The van der Waals surface area contributed by atoms with Crippen LogP contribution in [0.1, 0.15) is 30.2 Å². The van der Waals surface area contributed by atoms with Gasteiger partial charge in [-0.3, -0.25) is 4.68 Å². The highest BCUT2D eigenvalue weighted by atomic mass is 16.5. The monoisotopic (exact) mass is 309 g/mol. The highest BCUT2D eigenvalue weighted by Gasteiger charge is 2.25. The fourth-order valence-electron chi connectivity index (χ4n) is 3.16. The minimum Gasteiger partial charge on any atom is -0.383 e. The van der Waals surface area contributed by atoms with E-state index in [1.807, 2.05) is 4.68 Å². The van der Waals surface area contributed by atoms with Gasteiger partial charge >= 0.3 is 0 Å².